The Hall–Kier alpha value is -3.69. The van der Waals surface area contributed by atoms with Gasteiger partial charge in [-0.1, -0.05) is 52.3 Å². The van der Waals surface area contributed by atoms with Crippen molar-refractivity contribution in [2.45, 2.75) is 32.6 Å². The van der Waals surface area contributed by atoms with Gasteiger partial charge in [-0.15, -0.1) is 0 Å². The largest absolute Gasteiger partial charge is 0.318 e. The number of hydrazone groups is 1. The summed E-state index contributed by atoms with van der Waals surface area (Å²) in [6.45, 7) is 7.26. The smallest absolute Gasteiger partial charge is 0.264 e. The molecule has 7 nitrogen and oxygen atoms in total. The maximum Gasteiger partial charge on any atom is 0.264 e. The molecule has 0 aliphatic rings. The van der Waals surface area contributed by atoms with Gasteiger partial charge in [-0.3, -0.25) is 9.10 Å². The van der Waals surface area contributed by atoms with Crippen LogP contribution in [0.3, 0.4) is 0 Å². The van der Waals surface area contributed by atoms with E-state index in [-0.39, 0.29) is 4.90 Å². The number of carbonyl (C=O) groups excluding carboxylic acids is 1. The van der Waals surface area contributed by atoms with Crippen molar-refractivity contribution in [2.24, 2.45) is 5.10 Å². The summed E-state index contributed by atoms with van der Waals surface area (Å²) in [5.41, 5.74) is 8.40. The Morgan fingerprint density at radius 3 is 2.42 bits per heavy atom. The quantitative estimate of drug-likeness (QED) is 0.207. The summed E-state index contributed by atoms with van der Waals surface area (Å²) in [6.07, 6.45) is 1.57. The maximum absolute atomic E-state index is 13.6. The van der Waals surface area contributed by atoms with E-state index in [0.29, 0.717) is 5.69 Å². The van der Waals surface area contributed by atoms with Crippen LogP contribution >= 0.6 is 15.9 Å². The van der Waals surface area contributed by atoms with Crippen molar-refractivity contribution in [2.75, 3.05) is 10.8 Å². The topological polar surface area (TPSA) is 83.8 Å². The van der Waals surface area contributed by atoms with Crippen molar-refractivity contribution in [3.8, 4) is 5.69 Å². The Morgan fingerprint density at radius 1 is 0.974 bits per heavy atom. The first-order chi connectivity index (χ1) is 18.1. The maximum atomic E-state index is 13.6. The Kier molecular flexibility index (Phi) is 8.18. The molecule has 38 heavy (non-hydrogen) atoms. The molecule has 1 N–H and O–H groups in total. The van der Waals surface area contributed by atoms with Gasteiger partial charge in [0.1, 0.15) is 6.54 Å². The first kappa shape index (κ1) is 27.3. The fourth-order valence-corrected chi connectivity index (χ4v) is 6.16. The molecule has 0 saturated heterocycles. The van der Waals surface area contributed by atoms with Gasteiger partial charge in [0.2, 0.25) is 0 Å². The van der Waals surface area contributed by atoms with Crippen molar-refractivity contribution < 1.29 is 13.2 Å². The number of aryl methyl sites for hydroxylation is 3. The van der Waals surface area contributed by atoms with Gasteiger partial charge in [-0.05, 0) is 81.3 Å². The van der Waals surface area contributed by atoms with Crippen LogP contribution in [0.15, 0.2) is 93.3 Å². The van der Waals surface area contributed by atoms with Crippen LogP contribution in [0, 0.1) is 27.7 Å². The minimum atomic E-state index is -4.00. The highest BCUT2D eigenvalue weighted by Crippen LogP contribution is 2.28. The number of aromatic nitrogens is 1. The van der Waals surface area contributed by atoms with Gasteiger partial charge in [0.25, 0.3) is 15.9 Å². The normalized spacial score (nSPS) is 11.6. The predicted octanol–water partition coefficient (Wildman–Crippen LogP) is 5.82. The SMILES string of the molecule is Cc1ccc(C)c(N(CC(=O)N/N=C\c2cc(C)n(-c3cccc(Br)c3)c2C)S(=O)(=O)c2ccccc2)c1. The number of rotatable bonds is 8. The lowest BCUT2D eigenvalue weighted by molar-refractivity contribution is -0.119. The highest BCUT2D eigenvalue weighted by molar-refractivity contribution is 9.10. The second kappa shape index (κ2) is 11.4. The second-order valence-electron chi connectivity index (χ2n) is 9.05. The van der Waals surface area contributed by atoms with Crippen molar-refractivity contribution in [1.82, 2.24) is 9.99 Å². The zero-order valence-corrected chi connectivity index (χ0v) is 24.0. The number of sulfonamides is 1. The van der Waals surface area contributed by atoms with E-state index in [2.05, 4.69) is 31.0 Å². The Balaban J connectivity index is 1.58. The van der Waals surface area contributed by atoms with Crippen LogP contribution in [0.4, 0.5) is 5.69 Å². The molecule has 1 aromatic heterocycles. The number of hydrogen-bond donors (Lipinski definition) is 1. The molecule has 4 aromatic rings. The molecule has 0 aliphatic heterocycles. The minimum absolute atomic E-state index is 0.109. The number of carbonyl (C=O) groups is 1. The average Bonchev–Trinajstić information content (AvgIpc) is 3.17. The van der Waals surface area contributed by atoms with Crippen LogP contribution in [0.1, 0.15) is 28.1 Å². The molecule has 0 radical (unpaired) electrons. The van der Waals surface area contributed by atoms with E-state index in [1.165, 1.54) is 12.1 Å². The van der Waals surface area contributed by atoms with Crippen LogP contribution in [-0.4, -0.2) is 31.7 Å². The van der Waals surface area contributed by atoms with E-state index in [4.69, 9.17) is 0 Å². The third-order valence-electron chi connectivity index (χ3n) is 6.18. The molecule has 3 aromatic carbocycles. The molecular formula is C29H29BrN4O3S. The molecule has 0 fully saturated rings. The van der Waals surface area contributed by atoms with Crippen molar-refractivity contribution in [3.63, 3.8) is 0 Å². The number of nitrogens with one attached hydrogen (secondary N) is 1. The van der Waals surface area contributed by atoms with Gasteiger partial charge < -0.3 is 4.57 Å². The van der Waals surface area contributed by atoms with E-state index < -0.39 is 22.5 Å². The molecular weight excluding hydrogens is 564 g/mol. The molecule has 0 bridgehead atoms. The first-order valence-corrected chi connectivity index (χ1v) is 14.2. The van der Waals surface area contributed by atoms with Crippen molar-refractivity contribution in [3.05, 3.63) is 111 Å². The fraction of sp³-hybridized carbons (Fsp3) is 0.172. The van der Waals surface area contributed by atoms with E-state index in [1.807, 2.05) is 70.2 Å². The number of hydrogen-bond acceptors (Lipinski definition) is 4. The zero-order chi connectivity index (χ0) is 27.4. The van der Waals surface area contributed by atoms with Crippen LogP contribution in [0.5, 0.6) is 0 Å². The summed E-state index contributed by atoms with van der Waals surface area (Å²) in [4.78, 5) is 13.1. The molecule has 9 heteroatoms. The van der Waals surface area contributed by atoms with Crippen LogP contribution < -0.4 is 9.73 Å². The molecule has 0 atom stereocenters. The van der Waals surface area contributed by atoms with E-state index in [9.17, 15) is 13.2 Å². The summed E-state index contributed by atoms with van der Waals surface area (Å²) < 4.78 is 31.4. The van der Waals surface area contributed by atoms with Crippen LogP contribution in [-0.2, 0) is 14.8 Å². The monoisotopic (exact) mass is 592 g/mol. The number of halogens is 1. The lowest BCUT2D eigenvalue weighted by Crippen LogP contribution is -2.40. The lowest BCUT2D eigenvalue weighted by Gasteiger charge is -2.25. The van der Waals surface area contributed by atoms with Gasteiger partial charge >= 0.3 is 0 Å². The zero-order valence-electron chi connectivity index (χ0n) is 21.6. The number of anilines is 1. The van der Waals surface area contributed by atoms with E-state index in [1.54, 1.807) is 30.5 Å². The third-order valence-corrected chi connectivity index (χ3v) is 8.45. The molecule has 4 rings (SSSR count). The van der Waals surface area contributed by atoms with Gasteiger partial charge in [-0.25, -0.2) is 13.8 Å². The Labute approximate surface area is 232 Å². The lowest BCUT2D eigenvalue weighted by atomic mass is 10.1. The summed E-state index contributed by atoms with van der Waals surface area (Å²) in [7, 11) is -4.00. The third kappa shape index (κ3) is 5.89. The number of benzene rings is 3. The van der Waals surface area contributed by atoms with Crippen LogP contribution in [0.25, 0.3) is 5.69 Å². The summed E-state index contributed by atoms with van der Waals surface area (Å²) in [5.74, 6) is -0.553. The summed E-state index contributed by atoms with van der Waals surface area (Å²) in [6, 6.07) is 23.6. The standard InChI is InChI=1S/C29H29BrN4O3S/c1-20-13-14-21(2)28(15-20)33(38(36,37)27-11-6-5-7-12-27)19-29(35)32-31-18-24-16-22(3)34(23(24)4)26-10-8-9-25(30)17-26/h5-18H,19H2,1-4H3,(H,32,35)/b31-18-. The molecule has 0 aliphatic carbocycles. The number of nitrogens with zero attached hydrogens (tertiary/aromatic N) is 3. The minimum Gasteiger partial charge on any atom is -0.318 e. The van der Waals surface area contributed by atoms with Crippen molar-refractivity contribution in [1.29, 1.82) is 0 Å². The van der Waals surface area contributed by atoms with E-state index >= 15 is 0 Å². The molecule has 0 saturated carbocycles. The first-order valence-electron chi connectivity index (χ1n) is 12.0. The molecule has 1 amide bonds. The van der Waals surface area contributed by atoms with Gasteiger partial charge in [-0.2, -0.15) is 5.10 Å². The Bertz CT molecular complexity index is 1610. The molecule has 0 spiro atoms. The van der Waals surface area contributed by atoms with Crippen LogP contribution in [0.2, 0.25) is 0 Å². The molecule has 196 valence electrons. The Morgan fingerprint density at radius 2 is 1.71 bits per heavy atom. The average molecular weight is 594 g/mol. The number of amides is 1. The highest BCUT2D eigenvalue weighted by atomic mass is 79.9. The van der Waals surface area contributed by atoms with Crippen molar-refractivity contribution >= 4 is 43.8 Å². The molecule has 0 unspecified atom stereocenters. The van der Waals surface area contributed by atoms with Gasteiger partial charge in [0.05, 0.1) is 16.8 Å². The summed E-state index contributed by atoms with van der Waals surface area (Å²) >= 11 is 3.51. The summed E-state index contributed by atoms with van der Waals surface area (Å²) in [5, 5.41) is 4.14. The highest BCUT2D eigenvalue weighted by Gasteiger charge is 2.28. The van der Waals surface area contributed by atoms with Gasteiger partial charge in [0, 0.05) is 27.1 Å². The second-order valence-corrected chi connectivity index (χ2v) is 11.8. The fourth-order valence-electron chi connectivity index (χ4n) is 4.28. The van der Waals surface area contributed by atoms with Gasteiger partial charge in [0.15, 0.2) is 0 Å². The van der Waals surface area contributed by atoms with E-state index in [0.717, 1.165) is 42.5 Å². The molecule has 1 heterocycles. The predicted molar refractivity (Wildman–Crippen MR) is 156 cm³/mol.